The molecule has 1 unspecified atom stereocenters. The average Bonchev–Trinajstić information content (AvgIpc) is 1.65. The van der Waals surface area contributed by atoms with E-state index in [1.54, 1.807) is 63.3 Å². The van der Waals surface area contributed by atoms with Gasteiger partial charge >= 0.3 is 0 Å². The summed E-state index contributed by atoms with van der Waals surface area (Å²) in [7, 11) is 1.58. The second-order valence-corrected chi connectivity index (χ2v) is 23.0. The van der Waals surface area contributed by atoms with Crippen molar-refractivity contribution in [2.24, 2.45) is 5.73 Å². The summed E-state index contributed by atoms with van der Waals surface area (Å²) in [5.74, 6) is 2.95. The Morgan fingerprint density at radius 2 is 1.17 bits per heavy atom. The lowest BCUT2D eigenvalue weighted by Crippen LogP contribution is -2.44. The van der Waals surface area contributed by atoms with Crippen molar-refractivity contribution >= 4 is 17.7 Å². The van der Waals surface area contributed by atoms with Gasteiger partial charge in [0, 0.05) is 67.2 Å². The van der Waals surface area contributed by atoms with Crippen LogP contribution in [0.2, 0.25) is 0 Å². The van der Waals surface area contributed by atoms with Gasteiger partial charge in [0.25, 0.3) is 17.7 Å². The molecule has 5 N–H and O–H groups in total. The Labute approximate surface area is 517 Å². The van der Waals surface area contributed by atoms with Crippen LogP contribution in [0.25, 0.3) is 51.2 Å². The zero-order chi connectivity index (χ0) is 62.2. The fraction of sp³-hybridized carbons (Fsp3) is 0.318. The summed E-state index contributed by atoms with van der Waals surface area (Å²) in [6.07, 6.45) is 4.27. The van der Waals surface area contributed by atoms with Crippen LogP contribution in [-0.2, 0) is 37.0 Å². The predicted molar refractivity (Wildman–Crippen MR) is 329 cm³/mol. The molecule has 0 spiro atoms. The lowest BCUT2D eigenvalue weighted by Gasteiger charge is -2.33. The van der Waals surface area contributed by atoms with Crippen molar-refractivity contribution in [1.82, 2.24) is 59.8 Å². The maximum atomic E-state index is 14.1. The first-order valence-electron chi connectivity index (χ1n) is 30.1. The number of nitrogens with zero attached hydrogens (tertiary/aromatic N) is 10. The quantitative estimate of drug-likeness (QED) is 0.0527. The number of nitrogens with one attached hydrogen (secondary N) is 2. The second kappa shape index (κ2) is 25.0. The Hall–Kier alpha value is -10.3. The fourth-order valence-corrected chi connectivity index (χ4v) is 11.8. The number of hydrogen-bond acceptors (Lipinski definition) is 18. The third-order valence-corrected chi connectivity index (χ3v) is 16.1. The largest absolute Gasteiger partial charge is 0.507 e. The van der Waals surface area contributed by atoms with Crippen molar-refractivity contribution in [3.63, 3.8) is 0 Å². The Morgan fingerprint density at radius 1 is 0.611 bits per heavy atom. The molecule has 24 heteroatoms. The molecule has 24 nitrogen and oxygen atoms in total. The number of primary amides is 1. The van der Waals surface area contributed by atoms with Gasteiger partial charge in [0.1, 0.15) is 40.2 Å². The van der Waals surface area contributed by atoms with E-state index in [4.69, 9.17) is 44.0 Å². The number of carbonyl (C=O) groups excluding carboxylic acids is 3. The predicted octanol–water partition coefficient (Wildman–Crippen LogP) is 7.92. The Kier molecular flexibility index (Phi) is 16.3. The van der Waals surface area contributed by atoms with Gasteiger partial charge in [0.2, 0.25) is 30.6 Å². The number of aromatic hydroxyl groups is 1. The third kappa shape index (κ3) is 11.8. The van der Waals surface area contributed by atoms with Crippen LogP contribution in [0.15, 0.2) is 109 Å². The van der Waals surface area contributed by atoms with Gasteiger partial charge in [0.05, 0.1) is 50.2 Å². The first kappa shape index (κ1) is 58.7. The number of morpholine rings is 1. The van der Waals surface area contributed by atoms with Gasteiger partial charge in [-0.3, -0.25) is 33.0 Å². The van der Waals surface area contributed by atoms with Gasteiger partial charge in [-0.15, -0.1) is 30.6 Å². The highest BCUT2D eigenvalue weighted by molar-refractivity contribution is 5.94. The van der Waals surface area contributed by atoms with Crippen molar-refractivity contribution in [1.29, 1.82) is 0 Å². The Morgan fingerprint density at radius 3 is 1.79 bits per heavy atom. The maximum absolute atomic E-state index is 14.1. The maximum Gasteiger partial charge on any atom is 0.289 e. The van der Waals surface area contributed by atoms with Crippen LogP contribution in [0.5, 0.6) is 40.2 Å². The summed E-state index contributed by atoms with van der Waals surface area (Å²) in [4.78, 5) is 42.6. The van der Waals surface area contributed by atoms with E-state index in [2.05, 4.69) is 47.1 Å². The van der Waals surface area contributed by atoms with Gasteiger partial charge in [0.15, 0.2) is 17.5 Å². The van der Waals surface area contributed by atoms with Crippen LogP contribution in [0.1, 0.15) is 100 Å². The summed E-state index contributed by atoms with van der Waals surface area (Å²) in [5.41, 5.74) is 14.3. The number of amides is 3. The number of fused-ring (bicyclic) bond motifs is 3. The molecule has 3 aliphatic heterocycles. The van der Waals surface area contributed by atoms with Crippen LogP contribution in [-0.4, -0.2) is 137 Å². The molecular formula is C66H67N13O11. The summed E-state index contributed by atoms with van der Waals surface area (Å²) >= 11 is 0. The highest BCUT2D eigenvalue weighted by Gasteiger charge is 2.32. The van der Waals surface area contributed by atoms with Gasteiger partial charge in [-0.2, -0.15) is 0 Å². The molecule has 9 aromatic rings. The van der Waals surface area contributed by atoms with E-state index in [1.165, 1.54) is 0 Å². The number of aryl methyl sites for hydroxylation is 1. The van der Waals surface area contributed by atoms with Crippen molar-refractivity contribution in [2.45, 2.75) is 91.1 Å². The second-order valence-electron chi connectivity index (χ2n) is 23.0. The van der Waals surface area contributed by atoms with E-state index in [9.17, 15) is 19.5 Å². The number of methoxy groups -OCH3 is 1. The molecule has 3 amide bonds. The molecule has 6 heterocycles. The van der Waals surface area contributed by atoms with E-state index in [1.807, 2.05) is 88.4 Å². The van der Waals surface area contributed by atoms with Crippen molar-refractivity contribution in [2.75, 3.05) is 46.8 Å². The van der Waals surface area contributed by atoms with Gasteiger partial charge in [-0.25, -0.2) is 0 Å². The molecule has 3 aromatic heterocycles. The van der Waals surface area contributed by atoms with Crippen molar-refractivity contribution in [3.8, 4) is 91.5 Å². The molecule has 462 valence electrons. The minimum absolute atomic E-state index is 0.0328. The minimum atomic E-state index is -0.740. The van der Waals surface area contributed by atoms with Crippen LogP contribution >= 0.6 is 0 Å². The average molecular weight is 1220 g/mol. The summed E-state index contributed by atoms with van der Waals surface area (Å²) < 4.78 is 48.2. The normalized spacial score (nSPS) is 15.2. The van der Waals surface area contributed by atoms with E-state index < -0.39 is 24.0 Å². The number of nitrogens with two attached hydrogens (primary N) is 1. The molecule has 1 atom stereocenters. The molecule has 0 bridgehead atoms. The topological polar surface area (TPSA) is 282 Å². The van der Waals surface area contributed by atoms with E-state index in [0.29, 0.717) is 138 Å². The van der Waals surface area contributed by atoms with Crippen LogP contribution in [0.3, 0.4) is 0 Å². The number of benzene rings is 6. The molecule has 1 fully saturated rings. The molecule has 0 radical (unpaired) electrons. The minimum Gasteiger partial charge on any atom is -0.507 e. The molecule has 13 rings (SSSR count). The first-order chi connectivity index (χ1) is 43.7. The van der Waals surface area contributed by atoms with E-state index >= 15 is 0 Å². The first-order valence-corrected chi connectivity index (χ1v) is 30.1. The number of ether oxygens (including phenoxy) is 7. The van der Waals surface area contributed by atoms with Crippen LogP contribution in [0.4, 0.5) is 0 Å². The van der Waals surface area contributed by atoms with E-state index in [0.717, 1.165) is 53.5 Å². The number of carbonyl (C=O) groups is 3. The summed E-state index contributed by atoms with van der Waals surface area (Å²) in [6, 6.07) is 33.1. The van der Waals surface area contributed by atoms with Gasteiger partial charge in [-0.05, 0) is 160 Å². The summed E-state index contributed by atoms with van der Waals surface area (Å²) in [6.45, 7) is 10.2. The lowest BCUT2D eigenvalue weighted by molar-refractivity contribution is -0.131. The van der Waals surface area contributed by atoms with Crippen LogP contribution in [0, 0.1) is 0 Å². The number of hydrogen-bond donors (Lipinski definition) is 4. The van der Waals surface area contributed by atoms with Gasteiger partial charge < -0.3 is 54.6 Å². The number of aromatic nitrogens is 9. The molecule has 1 aliphatic carbocycles. The van der Waals surface area contributed by atoms with Crippen molar-refractivity contribution < 1.29 is 52.6 Å². The highest BCUT2D eigenvalue weighted by atomic mass is 16.7. The Bertz CT molecular complexity index is 4180. The molecular weight excluding hydrogens is 1150 g/mol. The lowest BCUT2D eigenvalue weighted by atomic mass is 9.89. The van der Waals surface area contributed by atoms with Gasteiger partial charge in [-0.1, -0.05) is 18.2 Å². The SMILES string of the molecule is COc1ccc(-n2c(C(N)=O)nnc2-c2ccc3c(c2OCOc2ccc(-n4c(C(=O)NC(C)C)nnc4-c4cc5c(cc4OC4CN(Cc6ccc(-n7c(C(=O)NC(C)C)nnc7-c7cc8c(cc7O)OCC8)cc6)CCO4)OCC5)cc2)CCCC3)cc1. The third-order valence-electron chi connectivity index (χ3n) is 16.1. The fourth-order valence-electron chi connectivity index (χ4n) is 11.8. The summed E-state index contributed by atoms with van der Waals surface area (Å²) in [5, 5.41) is 43.7. The molecule has 4 aliphatic rings. The standard InChI is InChI=1S/C66H67N13O11/c1-37(2)68-65(82)63-74-71-60(50-30-41-24-27-85-53(41)32-52(50)80)78(63)43-13-10-39(11-14-43)34-76-26-29-87-56(35-76)90-55-33-54-42(25-28-86-54)31-51(55)61-72-75-64(66(83)69-38(3)4)79(61)45-17-21-47(22-18-45)88-36-89-57-48-9-7-6-8-40(48)12-23-49(57)59-70-73-62(58(67)81)77(59)44-15-19-46(84-5)20-16-44/h10-23,30-33,37-38,56,80H,6-9,24-29,34-36H2,1-5H3,(H2,67,81)(H,68,82)(H,69,83). The zero-order valence-electron chi connectivity index (χ0n) is 50.4. The molecule has 6 aromatic carbocycles. The highest BCUT2D eigenvalue weighted by Crippen LogP contribution is 2.43. The number of phenols is 1. The Balaban J connectivity index is 0.750. The number of phenolic OH excluding ortho intramolecular Hbond substituents is 1. The monoisotopic (exact) mass is 1220 g/mol. The molecule has 90 heavy (non-hydrogen) atoms. The van der Waals surface area contributed by atoms with Crippen LogP contribution < -0.4 is 44.8 Å². The van der Waals surface area contributed by atoms with Crippen molar-refractivity contribution in [3.05, 3.63) is 154 Å². The smallest absolute Gasteiger partial charge is 0.289 e. The number of rotatable bonds is 20. The molecule has 1 saturated heterocycles. The zero-order valence-corrected chi connectivity index (χ0v) is 50.4. The van der Waals surface area contributed by atoms with E-state index in [-0.39, 0.29) is 42.1 Å². The molecule has 0 saturated carbocycles.